The smallest absolute Gasteiger partial charge is 0.257 e. The van der Waals surface area contributed by atoms with E-state index in [1.54, 1.807) is 30.3 Å². The van der Waals surface area contributed by atoms with Crippen molar-refractivity contribution in [3.05, 3.63) is 48.0 Å². The van der Waals surface area contributed by atoms with E-state index in [9.17, 15) is 13.2 Å². The number of ether oxygens (including phenoxy) is 3. The zero-order valence-electron chi connectivity index (χ0n) is 15.3. The van der Waals surface area contributed by atoms with E-state index in [1.165, 1.54) is 33.5 Å². The molecule has 0 heterocycles. The van der Waals surface area contributed by atoms with Gasteiger partial charge in [0.05, 0.1) is 37.8 Å². The van der Waals surface area contributed by atoms with Crippen LogP contribution in [0.4, 0.5) is 11.4 Å². The molecule has 8 nitrogen and oxygen atoms in total. The van der Waals surface area contributed by atoms with Crippen molar-refractivity contribution in [3.8, 4) is 11.5 Å². The van der Waals surface area contributed by atoms with Gasteiger partial charge >= 0.3 is 0 Å². The number of methoxy groups -OCH3 is 3. The van der Waals surface area contributed by atoms with E-state index in [0.29, 0.717) is 17.2 Å². The van der Waals surface area contributed by atoms with Crippen LogP contribution >= 0.6 is 0 Å². The van der Waals surface area contributed by atoms with Gasteiger partial charge in [-0.2, -0.15) is 0 Å². The first kappa shape index (κ1) is 20.5. The second-order valence-electron chi connectivity index (χ2n) is 5.48. The Labute approximate surface area is 158 Å². The molecule has 9 heteroatoms. The van der Waals surface area contributed by atoms with Crippen molar-refractivity contribution in [1.82, 2.24) is 0 Å². The minimum absolute atomic E-state index is 0.0509. The van der Waals surface area contributed by atoms with Crippen LogP contribution in [0.15, 0.2) is 42.5 Å². The first-order chi connectivity index (χ1) is 12.9. The maximum Gasteiger partial charge on any atom is 0.257 e. The number of rotatable bonds is 9. The Morgan fingerprint density at radius 3 is 2.37 bits per heavy atom. The maximum absolute atomic E-state index is 12.6. The van der Waals surface area contributed by atoms with Crippen LogP contribution in [0.5, 0.6) is 11.5 Å². The summed E-state index contributed by atoms with van der Waals surface area (Å²) in [4.78, 5) is 12.6. The van der Waals surface area contributed by atoms with E-state index in [2.05, 4.69) is 10.0 Å². The molecule has 2 aromatic rings. The number of sulfonamides is 1. The van der Waals surface area contributed by atoms with Gasteiger partial charge in [0, 0.05) is 18.9 Å². The molecule has 0 unspecified atom stereocenters. The van der Waals surface area contributed by atoms with Crippen LogP contribution < -0.4 is 19.5 Å². The van der Waals surface area contributed by atoms with Crippen molar-refractivity contribution in [1.29, 1.82) is 0 Å². The van der Waals surface area contributed by atoms with Gasteiger partial charge in [-0.05, 0) is 24.3 Å². The highest BCUT2D eigenvalue weighted by Crippen LogP contribution is 2.30. The highest BCUT2D eigenvalue weighted by atomic mass is 32.2. The van der Waals surface area contributed by atoms with E-state index >= 15 is 0 Å². The summed E-state index contributed by atoms with van der Waals surface area (Å²) in [6.45, 7) is 0.0509. The maximum atomic E-state index is 12.6. The highest BCUT2D eigenvalue weighted by molar-refractivity contribution is 7.92. The van der Waals surface area contributed by atoms with E-state index in [0.717, 1.165) is 0 Å². The molecule has 146 valence electrons. The number of amides is 1. The Morgan fingerprint density at radius 2 is 1.70 bits per heavy atom. The number of carbonyl (C=O) groups excluding carboxylic acids is 1. The Bertz CT molecular complexity index is 898. The first-order valence-electron chi connectivity index (χ1n) is 8.02. The molecule has 2 N–H and O–H groups in total. The predicted molar refractivity (Wildman–Crippen MR) is 103 cm³/mol. The van der Waals surface area contributed by atoms with E-state index in [4.69, 9.17) is 14.2 Å². The fraction of sp³-hybridized carbons (Fsp3) is 0.278. The van der Waals surface area contributed by atoms with Crippen molar-refractivity contribution >= 4 is 27.3 Å². The van der Waals surface area contributed by atoms with Crippen LogP contribution in [0.2, 0.25) is 0 Å². The van der Waals surface area contributed by atoms with Gasteiger partial charge in [-0.1, -0.05) is 12.1 Å². The summed E-state index contributed by atoms with van der Waals surface area (Å²) in [5.41, 5.74) is 0.856. The topological polar surface area (TPSA) is 103 Å². The van der Waals surface area contributed by atoms with Crippen LogP contribution in [0.25, 0.3) is 0 Å². The van der Waals surface area contributed by atoms with E-state index in [-0.39, 0.29) is 23.6 Å². The third-order valence-electron chi connectivity index (χ3n) is 3.63. The van der Waals surface area contributed by atoms with Gasteiger partial charge in [-0.15, -0.1) is 0 Å². The molecule has 0 fully saturated rings. The molecule has 0 atom stereocenters. The van der Waals surface area contributed by atoms with Crippen LogP contribution in [0, 0.1) is 0 Å². The largest absolute Gasteiger partial charge is 0.493 e. The summed E-state index contributed by atoms with van der Waals surface area (Å²) < 4.78 is 41.8. The summed E-state index contributed by atoms with van der Waals surface area (Å²) >= 11 is 0. The van der Waals surface area contributed by atoms with Gasteiger partial charge in [-0.3, -0.25) is 9.52 Å². The lowest BCUT2D eigenvalue weighted by molar-refractivity contribution is 0.102. The van der Waals surface area contributed by atoms with Gasteiger partial charge in [0.1, 0.15) is 0 Å². The van der Waals surface area contributed by atoms with E-state index < -0.39 is 15.9 Å². The van der Waals surface area contributed by atoms with Crippen molar-refractivity contribution in [3.63, 3.8) is 0 Å². The van der Waals surface area contributed by atoms with Crippen LogP contribution in [-0.2, 0) is 14.8 Å². The van der Waals surface area contributed by atoms with Gasteiger partial charge in [0.25, 0.3) is 5.91 Å². The van der Waals surface area contributed by atoms with Crippen LogP contribution in [0.3, 0.4) is 0 Å². The molecule has 0 saturated heterocycles. The second kappa shape index (κ2) is 9.24. The van der Waals surface area contributed by atoms with Gasteiger partial charge < -0.3 is 19.5 Å². The molecule has 0 radical (unpaired) electrons. The SMILES string of the molecule is COCCS(=O)(=O)Nc1ccccc1C(=O)Nc1ccc(OC)c(OC)c1. The van der Waals surface area contributed by atoms with Crippen LogP contribution in [0.1, 0.15) is 10.4 Å². The first-order valence-corrected chi connectivity index (χ1v) is 9.67. The molecule has 0 saturated carbocycles. The summed E-state index contributed by atoms with van der Waals surface area (Å²) in [5.74, 6) is 0.313. The van der Waals surface area contributed by atoms with E-state index in [1.807, 2.05) is 0 Å². The Morgan fingerprint density at radius 1 is 1.00 bits per heavy atom. The molecule has 0 aliphatic heterocycles. The number of carbonyl (C=O) groups is 1. The minimum atomic E-state index is -3.64. The zero-order chi connectivity index (χ0) is 19.9. The van der Waals surface area contributed by atoms with Crippen LogP contribution in [-0.4, -0.2) is 48.0 Å². The van der Waals surface area contributed by atoms with Gasteiger partial charge in [0.2, 0.25) is 10.0 Å². The van der Waals surface area contributed by atoms with Gasteiger partial charge in [-0.25, -0.2) is 8.42 Å². The Kier molecular flexibility index (Phi) is 7.03. The quantitative estimate of drug-likeness (QED) is 0.677. The van der Waals surface area contributed by atoms with Crippen molar-refractivity contribution in [2.75, 3.05) is 43.7 Å². The Hall–Kier alpha value is -2.78. The molecule has 0 aliphatic rings. The normalized spacial score (nSPS) is 10.9. The van der Waals surface area contributed by atoms with Crippen molar-refractivity contribution < 1.29 is 27.4 Å². The molecular weight excluding hydrogens is 372 g/mol. The lowest BCUT2D eigenvalue weighted by Crippen LogP contribution is -2.22. The number of nitrogens with one attached hydrogen (secondary N) is 2. The summed E-state index contributed by atoms with van der Waals surface area (Å²) in [6.07, 6.45) is 0. The molecule has 2 rings (SSSR count). The number of hydrogen-bond acceptors (Lipinski definition) is 6. The number of para-hydroxylation sites is 1. The standard InChI is InChI=1S/C18H22N2O6S/c1-24-10-11-27(22,23)20-15-7-5-4-6-14(15)18(21)19-13-8-9-16(25-2)17(12-13)26-3/h4-9,12,20H,10-11H2,1-3H3,(H,19,21). The van der Waals surface area contributed by atoms with Crippen molar-refractivity contribution in [2.24, 2.45) is 0 Å². The fourth-order valence-electron chi connectivity index (χ4n) is 2.29. The average molecular weight is 394 g/mol. The van der Waals surface area contributed by atoms with Crippen molar-refractivity contribution in [2.45, 2.75) is 0 Å². The molecular formula is C18H22N2O6S. The summed E-state index contributed by atoms with van der Waals surface area (Å²) in [6, 6.07) is 11.3. The lowest BCUT2D eigenvalue weighted by atomic mass is 10.1. The average Bonchev–Trinajstić information content (AvgIpc) is 2.66. The number of benzene rings is 2. The molecule has 1 amide bonds. The second-order valence-corrected chi connectivity index (χ2v) is 7.33. The summed E-state index contributed by atoms with van der Waals surface area (Å²) in [5, 5.41) is 2.72. The third kappa shape index (κ3) is 5.60. The minimum Gasteiger partial charge on any atom is -0.493 e. The predicted octanol–water partition coefficient (Wildman–Crippen LogP) is 2.34. The Balaban J connectivity index is 2.22. The molecule has 0 aromatic heterocycles. The number of anilines is 2. The van der Waals surface area contributed by atoms with Gasteiger partial charge in [0.15, 0.2) is 11.5 Å². The summed E-state index contributed by atoms with van der Waals surface area (Å²) in [7, 11) is 0.789. The third-order valence-corrected chi connectivity index (χ3v) is 4.87. The molecule has 0 aliphatic carbocycles. The highest BCUT2D eigenvalue weighted by Gasteiger charge is 2.17. The fourth-order valence-corrected chi connectivity index (χ4v) is 3.30. The molecule has 27 heavy (non-hydrogen) atoms. The molecule has 0 bridgehead atoms. The molecule has 0 spiro atoms. The lowest BCUT2D eigenvalue weighted by Gasteiger charge is -2.14. The molecule has 2 aromatic carbocycles. The number of hydrogen-bond donors (Lipinski definition) is 2. The zero-order valence-corrected chi connectivity index (χ0v) is 16.1. The monoisotopic (exact) mass is 394 g/mol.